The first kappa shape index (κ1) is 11.4. The molecule has 0 heterocycles. The SMILES string of the molecule is CCSc1ccc(NC(C)=O)cc1Cl. The van der Waals surface area contributed by atoms with Crippen molar-refractivity contribution in [2.45, 2.75) is 18.7 Å². The topological polar surface area (TPSA) is 29.1 Å². The summed E-state index contributed by atoms with van der Waals surface area (Å²) in [6.45, 7) is 3.55. The van der Waals surface area contributed by atoms with Crippen LogP contribution in [0.5, 0.6) is 0 Å². The van der Waals surface area contributed by atoms with Crippen molar-refractivity contribution in [3.63, 3.8) is 0 Å². The van der Waals surface area contributed by atoms with E-state index in [0.29, 0.717) is 5.02 Å². The molecular formula is C10H12ClNOS. The Balaban J connectivity index is 2.83. The van der Waals surface area contributed by atoms with Gasteiger partial charge in [-0.05, 0) is 24.0 Å². The number of nitrogens with one attached hydrogen (secondary N) is 1. The van der Waals surface area contributed by atoms with Crippen LogP contribution in [0.15, 0.2) is 23.1 Å². The fourth-order valence-electron chi connectivity index (χ4n) is 1.05. The van der Waals surface area contributed by atoms with Gasteiger partial charge in [-0.15, -0.1) is 11.8 Å². The summed E-state index contributed by atoms with van der Waals surface area (Å²) in [4.78, 5) is 11.8. The van der Waals surface area contributed by atoms with Crippen molar-refractivity contribution in [1.29, 1.82) is 0 Å². The second kappa shape index (κ2) is 5.27. The number of amides is 1. The molecule has 0 saturated carbocycles. The van der Waals surface area contributed by atoms with Gasteiger partial charge >= 0.3 is 0 Å². The van der Waals surface area contributed by atoms with Gasteiger partial charge < -0.3 is 5.32 Å². The highest BCUT2D eigenvalue weighted by Gasteiger charge is 2.02. The van der Waals surface area contributed by atoms with Crippen LogP contribution < -0.4 is 5.32 Å². The number of halogens is 1. The summed E-state index contributed by atoms with van der Waals surface area (Å²) < 4.78 is 0. The average Bonchev–Trinajstić information content (AvgIpc) is 2.09. The van der Waals surface area contributed by atoms with Crippen molar-refractivity contribution in [1.82, 2.24) is 0 Å². The highest BCUT2D eigenvalue weighted by molar-refractivity contribution is 7.99. The van der Waals surface area contributed by atoms with E-state index in [1.807, 2.05) is 12.1 Å². The summed E-state index contributed by atoms with van der Waals surface area (Å²) in [5.41, 5.74) is 0.739. The minimum atomic E-state index is -0.0861. The molecular weight excluding hydrogens is 218 g/mol. The largest absolute Gasteiger partial charge is 0.326 e. The molecule has 0 aliphatic carbocycles. The van der Waals surface area contributed by atoms with Crippen LogP contribution in [0.25, 0.3) is 0 Å². The van der Waals surface area contributed by atoms with Crippen LogP contribution in [0.4, 0.5) is 5.69 Å². The summed E-state index contributed by atoms with van der Waals surface area (Å²) >= 11 is 7.70. The molecule has 0 aromatic heterocycles. The number of carbonyl (C=O) groups excluding carboxylic acids is 1. The minimum absolute atomic E-state index is 0.0861. The predicted octanol–water partition coefficient (Wildman–Crippen LogP) is 3.41. The Bertz CT molecular complexity index is 341. The number of thioether (sulfide) groups is 1. The van der Waals surface area contributed by atoms with Crippen molar-refractivity contribution < 1.29 is 4.79 Å². The lowest BCUT2D eigenvalue weighted by Gasteiger charge is -2.05. The highest BCUT2D eigenvalue weighted by atomic mass is 35.5. The third-order valence-electron chi connectivity index (χ3n) is 1.55. The van der Waals surface area contributed by atoms with E-state index >= 15 is 0 Å². The van der Waals surface area contributed by atoms with E-state index in [9.17, 15) is 4.79 Å². The molecule has 14 heavy (non-hydrogen) atoms. The molecule has 0 aliphatic heterocycles. The fourth-order valence-corrected chi connectivity index (χ4v) is 2.07. The molecule has 76 valence electrons. The summed E-state index contributed by atoms with van der Waals surface area (Å²) in [7, 11) is 0. The van der Waals surface area contributed by atoms with Gasteiger partial charge in [0.2, 0.25) is 5.91 Å². The Morgan fingerprint density at radius 3 is 2.79 bits per heavy atom. The number of hydrogen-bond donors (Lipinski definition) is 1. The van der Waals surface area contributed by atoms with Crippen LogP contribution in [-0.4, -0.2) is 11.7 Å². The molecule has 1 aromatic carbocycles. The van der Waals surface area contributed by atoms with Crippen molar-refractivity contribution in [3.8, 4) is 0 Å². The van der Waals surface area contributed by atoms with E-state index in [0.717, 1.165) is 16.3 Å². The van der Waals surface area contributed by atoms with Gasteiger partial charge in [0.15, 0.2) is 0 Å². The van der Waals surface area contributed by atoms with Gasteiger partial charge in [0.05, 0.1) is 5.02 Å². The van der Waals surface area contributed by atoms with Gasteiger partial charge in [0, 0.05) is 17.5 Å². The van der Waals surface area contributed by atoms with Crippen LogP contribution in [0, 0.1) is 0 Å². The molecule has 0 unspecified atom stereocenters. The standard InChI is InChI=1S/C10H12ClNOS/c1-3-14-10-5-4-8(6-9(10)11)12-7(2)13/h4-6H,3H2,1-2H3,(H,12,13). The van der Waals surface area contributed by atoms with E-state index < -0.39 is 0 Å². The molecule has 0 radical (unpaired) electrons. The Kier molecular flexibility index (Phi) is 4.29. The molecule has 2 nitrogen and oxygen atoms in total. The fraction of sp³-hybridized carbons (Fsp3) is 0.300. The molecule has 1 rings (SSSR count). The van der Waals surface area contributed by atoms with Gasteiger partial charge in [0.1, 0.15) is 0 Å². The molecule has 1 N–H and O–H groups in total. The molecule has 0 fully saturated rings. The Hall–Kier alpha value is -0.670. The Labute approximate surface area is 93.0 Å². The molecule has 4 heteroatoms. The highest BCUT2D eigenvalue weighted by Crippen LogP contribution is 2.29. The van der Waals surface area contributed by atoms with Gasteiger partial charge in [-0.25, -0.2) is 0 Å². The molecule has 0 saturated heterocycles. The Morgan fingerprint density at radius 2 is 2.29 bits per heavy atom. The van der Waals surface area contributed by atoms with E-state index in [2.05, 4.69) is 12.2 Å². The lowest BCUT2D eigenvalue weighted by molar-refractivity contribution is -0.114. The third-order valence-corrected chi connectivity index (χ3v) is 2.93. The molecule has 0 spiro atoms. The average molecular weight is 230 g/mol. The number of benzene rings is 1. The Morgan fingerprint density at radius 1 is 1.57 bits per heavy atom. The van der Waals surface area contributed by atoms with Gasteiger partial charge in [-0.3, -0.25) is 4.79 Å². The van der Waals surface area contributed by atoms with Gasteiger partial charge in [-0.1, -0.05) is 18.5 Å². The monoisotopic (exact) mass is 229 g/mol. The van der Waals surface area contributed by atoms with E-state index in [4.69, 9.17) is 11.6 Å². The van der Waals surface area contributed by atoms with Crippen molar-refractivity contribution in [3.05, 3.63) is 23.2 Å². The van der Waals surface area contributed by atoms with Crippen LogP contribution in [-0.2, 0) is 4.79 Å². The first-order valence-corrected chi connectivity index (χ1v) is 5.69. The molecule has 0 bridgehead atoms. The molecule has 0 atom stereocenters. The summed E-state index contributed by atoms with van der Waals surface area (Å²) in [6, 6.07) is 5.54. The maximum Gasteiger partial charge on any atom is 0.221 e. The van der Waals surface area contributed by atoms with Crippen LogP contribution >= 0.6 is 23.4 Å². The number of hydrogen-bond acceptors (Lipinski definition) is 2. The lowest BCUT2D eigenvalue weighted by atomic mass is 10.3. The zero-order valence-electron chi connectivity index (χ0n) is 8.13. The zero-order valence-corrected chi connectivity index (χ0v) is 9.71. The number of anilines is 1. The molecule has 0 aliphatic rings. The van der Waals surface area contributed by atoms with Crippen LogP contribution in [0.3, 0.4) is 0 Å². The maximum absolute atomic E-state index is 10.8. The van der Waals surface area contributed by atoms with E-state index in [-0.39, 0.29) is 5.91 Å². The quantitative estimate of drug-likeness (QED) is 0.805. The van der Waals surface area contributed by atoms with Crippen molar-refractivity contribution in [2.24, 2.45) is 0 Å². The summed E-state index contributed by atoms with van der Waals surface area (Å²) in [5, 5.41) is 3.37. The first-order chi connectivity index (χ1) is 6.63. The summed E-state index contributed by atoms with van der Waals surface area (Å²) in [6.07, 6.45) is 0. The molecule has 1 aromatic rings. The third kappa shape index (κ3) is 3.24. The second-order valence-electron chi connectivity index (χ2n) is 2.76. The van der Waals surface area contributed by atoms with Gasteiger partial charge in [-0.2, -0.15) is 0 Å². The minimum Gasteiger partial charge on any atom is -0.326 e. The lowest BCUT2D eigenvalue weighted by Crippen LogP contribution is -2.05. The first-order valence-electron chi connectivity index (χ1n) is 4.33. The van der Waals surface area contributed by atoms with E-state index in [1.54, 1.807) is 17.8 Å². The van der Waals surface area contributed by atoms with Crippen LogP contribution in [0.1, 0.15) is 13.8 Å². The van der Waals surface area contributed by atoms with Crippen LogP contribution in [0.2, 0.25) is 5.02 Å². The predicted molar refractivity (Wildman–Crippen MR) is 62.2 cm³/mol. The smallest absolute Gasteiger partial charge is 0.221 e. The maximum atomic E-state index is 10.8. The number of carbonyl (C=O) groups is 1. The van der Waals surface area contributed by atoms with Gasteiger partial charge in [0.25, 0.3) is 0 Å². The second-order valence-corrected chi connectivity index (χ2v) is 4.47. The van der Waals surface area contributed by atoms with E-state index in [1.165, 1.54) is 6.92 Å². The van der Waals surface area contributed by atoms with Crippen molar-refractivity contribution in [2.75, 3.05) is 11.1 Å². The summed E-state index contributed by atoms with van der Waals surface area (Å²) in [5.74, 6) is 0.899. The normalized spacial score (nSPS) is 9.93. The number of rotatable bonds is 3. The molecule has 1 amide bonds. The zero-order chi connectivity index (χ0) is 10.6. The van der Waals surface area contributed by atoms with Crippen molar-refractivity contribution >= 4 is 35.0 Å².